The summed E-state index contributed by atoms with van der Waals surface area (Å²) in [6.07, 6.45) is 3.39. The van der Waals surface area contributed by atoms with Crippen LogP contribution in [0.1, 0.15) is 43.6 Å². The van der Waals surface area contributed by atoms with Crippen LogP contribution < -0.4 is 4.74 Å². The number of ether oxygens (including phenoxy) is 1. The maximum Gasteiger partial charge on any atom is 0.378 e. The molecule has 1 aliphatic rings. The lowest BCUT2D eigenvalue weighted by molar-refractivity contribution is -0.153. The van der Waals surface area contributed by atoms with Crippen molar-refractivity contribution in [2.75, 3.05) is 0 Å². The van der Waals surface area contributed by atoms with Crippen LogP contribution in [-0.4, -0.2) is 17.4 Å². The number of carboxylic acids is 1. The molecule has 2 rings (SSSR count). The molecular weight excluding hydrogens is 235 g/mol. The lowest BCUT2D eigenvalue weighted by Crippen LogP contribution is -2.22. The Morgan fingerprint density at radius 1 is 1.28 bits per heavy atom. The van der Waals surface area contributed by atoms with Crippen LogP contribution >= 0.6 is 0 Å². The van der Waals surface area contributed by atoms with Crippen molar-refractivity contribution in [2.24, 2.45) is 0 Å². The van der Waals surface area contributed by atoms with Gasteiger partial charge in [-0.15, -0.1) is 0 Å². The van der Waals surface area contributed by atoms with Gasteiger partial charge in [0.25, 0.3) is 0 Å². The number of hydrogen-bond donors (Lipinski definition) is 1. The highest BCUT2D eigenvalue weighted by Gasteiger charge is 2.23. The minimum atomic E-state index is -2.30. The molecule has 1 aromatic rings. The summed E-state index contributed by atoms with van der Waals surface area (Å²) in [5.74, 6) is -0.872. The van der Waals surface area contributed by atoms with E-state index in [0.717, 1.165) is 31.2 Å². The molecule has 0 heterocycles. The molecule has 0 bridgehead atoms. The number of carbonyl (C=O) groups is 1. The van der Waals surface area contributed by atoms with Gasteiger partial charge in [0.1, 0.15) is 5.75 Å². The second-order valence-electron chi connectivity index (χ2n) is 4.64. The third-order valence-electron chi connectivity index (χ3n) is 3.39. The van der Waals surface area contributed by atoms with Crippen molar-refractivity contribution >= 4 is 5.97 Å². The van der Waals surface area contributed by atoms with E-state index in [-0.39, 0.29) is 0 Å². The summed E-state index contributed by atoms with van der Waals surface area (Å²) in [7, 11) is 0. The monoisotopic (exact) mass is 252 g/mol. The number of para-hydroxylation sites is 1. The van der Waals surface area contributed by atoms with Crippen LogP contribution in [0.15, 0.2) is 24.3 Å². The Labute approximate surface area is 106 Å². The Kier molecular flexibility index (Phi) is 4.18. The van der Waals surface area contributed by atoms with Gasteiger partial charge < -0.3 is 9.84 Å². The standard InChI is InChI=1S/C14H17FO3/c15-13(14(16)17)18-12-9-5-4-8-11(12)10-6-2-1-3-7-10/h4-5,8-10,13H,1-3,6-7H2,(H,16,17). The maximum atomic E-state index is 13.1. The highest BCUT2D eigenvalue weighted by atomic mass is 19.1. The number of rotatable bonds is 4. The summed E-state index contributed by atoms with van der Waals surface area (Å²) in [6.45, 7) is 0. The number of benzene rings is 1. The van der Waals surface area contributed by atoms with E-state index in [1.807, 2.05) is 12.1 Å². The van der Waals surface area contributed by atoms with Gasteiger partial charge in [-0.05, 0) is 30.4 Å². The second kappa shape index (κ2) is 5.85. The number of hydrogen-bond acceptors (Lipinski definition) is 2. The molecule has 1 aromatic carbocycles. The molecule has 1 unspecified atom stereocenters. The van der Waals surface area contributed by atoms with Crippen LogP contribution in [0.2, 0.25) is 0 Å². The van der Waals surface area contributed by atoms with Crippen molar-refractivity contribution in [2.45, 2.75) is 44.4 Å². The van der Waals surface area contributed by atoms with Crippen molar-refractivity contribution in [3.05, 3.63) is 29.8 Å². The third-order valence-corrected chi connectivity index (χ3v) is 3.39. The van der Waals surface area contributed by atoms with Gasteiger partial charge in [-0.1, -0.05) is 37.5 Å². The van der Waals surface area contributed by atoms with Crippen LogP contribution in [0.5, 0.6) is 5.75 Å². The predicted molar refractivity (Wildman–Crippen MR) is 65.4 cm³/mol. The highest BCUT2D eigenvalue weighted by Crippen LogP contribution is 2.37. The van der Waals surface area contributed by atoms with Gasteiger partial charge in [-0.25, -0.2) is 4.79 Å². The molecule has 1 atom stereocenters. The fourth-order valence-electron chi connectivity index (χ4n) is 2.50. The molecule has 0 radical (unpaired) electrons. The lowest BCUT2D eigenvalue weighted by Gasteiger charge is -2.24. The normalized spacial score (nSPS) is 18.3. The highest BCUT2D eigenvalue weighted by molar-refractivity contribution is 5.71. The average Bonchev–Trinajstić information content (AvgIpc) is 2.40. The molecule has 1 aliphatic carbocycles. The molecule has 1 saturated carbocycles. The topological polar surface area (TPSA) is 46.5 Å². The molecule has 0 saturated heterocycles. The first kappa shape index (κ1) is 12.9. The van der Waals surface area contributed by atoms with Crippen molar-refractivity contribution in [3.63, 3.8) is 0 Å². The van der Waals surface area contributed by atoms with E-state index in [1.54, 1.807) is 12.1 Å². The first-order valence-electron chi connectivity index (χ1n) is 6.31. The van der Waals surface area contributed by atoms with Crippen LogP contribution in [0.25, 0.3) is 0 Å². The zero-order chi connectivity index (χ0) is 13.0. The quantitative estimate of drug-likeness (QED) is 0.892. The van der Waals surface area contributed by atoms with Gasteiger partial charge in [-0.2, -0.15) is 4.39 Å². The first-order valence-corrected chi connectivity index (χ1v) is 6.31. The average molecular weight is 252 g/mol. The van der Waals surface area contributed by atoms with E-state index in [4.69, 9.17) is 9.84 Å². The molecule has 1 N–H and O–H groups in total. The Morgan fingerprint density at radius 2 is 1.94 bits per heavy atom. The maximum absolute atomic E-state index is 13.1. The van der Waals surface area contributed by atoms with E-state index < -0.39 is 12.3 Å². The number of alkyl halides is 1. The molecule has 3 nitrogen and oxygen atoms in total. The van der Waals surface area contributed by atoms with E-state index in [2.05, 4.69) is 0 Å². The van der Waals surface area contributed by atoms with E-state index in [1.165, 1.54) is 6.42 Å². The molecule has 18 heavy (non-hydrogen) atoms. The van der Waals surface area contributed by atoms with Gasteiger partial charge >= 0.3 is 12.3 Å². The van der Waals surface area contributed by atoms with Crippen LogP contribution in [0.3, 0.4) is 0 Å². The van der Waals surface area contributed by atoms with Crippen molar-refractivity contribution in [1.82, 2.24) is 0 Å². The van der Waals surface area contributed by atoms with Crippen molar-refractivity contribution in [1.29, 1.82) is 0 Å². The molecule has 0 aromatic heterocycles. The lowest BCUT2D eigenvalue weighted by atomic mass is 9.84. The van der Waals surface area contributed by atoms with Gasteiger partial charge in [0.15, 0.2) is 0 Å². The molecular formula is C14H17FO3. The minimum absolute atomic E-state index is 0.357. The van der Waals surface area contributed by atoms with E-state index >= 15 is 0 Å². The Bertz CT molecular complexity index is 413. The summed E-state index contributed by atoms with van der Waals surface area (Å²) in [5.41, 5.74) is 0.932. The second-order valence-corrected chi connectivity index (χ2v) is 4.64. The Hall–Kier alpha value is -1.58. The van der Waals surface area contributed by atoms with Gasteiger partial charge in [0.2, 0.25) is 0 Å². The summed E-state index contributed by atoms with van der Waals surface area (Å²) < 4.78 is 18.0. The van der Waals surface area contributed by atoms with Gasteiger partial charge in [0, 0.05) is 0 Å². The number of carboxylic acid groups (broad SMARTS) is 1. The van der Waals surface area contributed by atoms with Gasteiger partial charge in [-0.3, -0.25) is 0 Å². The summed E-state index contributed by atoms with van der Waals surface area (Å²) in [6, 6.07) is 7.15. The molecule has 4 heteroatoms. The minimum Gasteiger partial charge on any atom is -0.476 e. The Balaban J connectivity index is 2.16. The fourth-order valence-corrected chi connectivity index (χ4v) is 2.50. The number of aliphatic carboxylic acids is 1. The van der Waals surface area contributed by atoms with Crippen LogP contribution in [0, 0.1) is 0 Å². The largest absolute Gasteiger partial charge is 0.476 e. The summed E-state index contributed by atoms with van der Waals surface area (Å²) in [4.78, 5) is 10.5. The summed E-state index contributed by atoms with van der Waals surface area (Å²) in [5, 5.41) is 8.54. The molecule has 0 aliphatic heterocycles. The molecule has 98 valence electrons. The molecule has 0 spiro atoms. The number of halogens is 1. The summed E-state index contributed by atoms with van der Waals surface area (Å²) >= 11 is 0. The van der Waals surface area contributed by atoms with Crippen molar-refractivity contribution < 1.29 is 19.0 Å². The smallest absolute Gasteiger partial charge is 0.378 e. The fraction of sp³-hybridized carbons (Fsp3) is 0.500. The zero-order valence-electron chi connectivity index (χ0n) is 10.1. The third kappa shape index (κ3) is 3.00. The molecule has 1 fully saturated rings. The SMILES string of the molecule is O=C(O)C(F)Oc1ccccc1C1CCCCC1. The van der Waals surface area contributed by atoms with E-state index in [9.17, 15) is 9.18 Å². The van der Waals surface area contributed by atoms with E-state index in [0.29, 0.717) is 11.7 Å². The Morgan fingerprint density at radius 3 is 2.61 bits per heavy atom. The van der Waals surface area contributed by atoms with Crippen LogP contribution in [-0.2, 0) is 4.79 Å². The van der Waals surface area contributed by atoms with Crippen molar-refractivity contribution in [3.8, 4) is 5.75 Å². The zero-order valence-corrected chi connectivity index (χ0v) is 10.1. The van der Waals surface area contributed by atoms with Crippen LogP contribution in [0.4, 0.5) is 4.39 Å². The molecule has 0 amide bonds. The first-order chi connectivity index (χ1) is 8.68. The van der Waals surface area contributed by atoms with Gasteiger partial charge in [0.05, 0.1) is 0 Å². The predicted octanol–water partition coefficient (Wildman–Crippen LogP) is 3.49.